The molecule has 0 aromatic heterocycles. The van der Waals surface area contributed by atoms with Crippen molar-refractivity contribution in [1.29, 1.82) is 0 Å². The highest BCUT2D eigenvalue weighted by atomic mass is 35.5. The molecule has 3 rings (SSSR count). The fourth-order valence-electron chi connectivity index (χ4n) is 4.01. The number of benzene rings is 3. The number of amides is 2. The molecule has 4 nitrogen and oxygen atoms in total. The number of halogens is 1. The number of aryl methyl sites for hydroxylation is 1. The van der Waals surface area contributed by atoms with Gasteiger partial charge in [0, 0.05) is 24.0 Å². The Hall–Kier alpha value is -2.85. The van der Waals surface area contributed by atoms with Crippen LogP contribution in [0.5, 0.6) is 0 Å². The first kappa shape index (κ1) is 23.8. The molecule has 0 radical (unpaired) electrons. The summed E-state index contributed by atoms with van der Waals surface area (Å²) in [6, 6.07) is 21.3. The van der Waals surface area contributed by atoms with E-state index in [-0.39, 0.29) is 17.9 Å². The normalized spacial score (nSPS) is 12.0. The van der Waals surface area contributed by atoms with E-state index in [4.69, 9.17) is 11.6 Å². The minimum atomic E-state index is -0.548. The highest BCUT2D eigenvalue weighted by molar-refractivity contribution is 6.31. The van der Waals surface area contributed by atoms with Gasteiger partial charge in [0.1, 0.15) is 6.04 Å². The van der Waals surface area contributed by atoms with E-state index in [1.54, 1.807) is 4.90 Å². The van der Waals surface area contributed by atoms with Gasteiger partial charge in [-0.25, -0.2) is 0 Å². The second kappa shape index (κ2) is 11.1. The van der Waals surface area contributed by atoms with Gasteiger partial charge in [-0.3, -0.25) is 9.59 Å². The Morgan fingerprint density at radius 1 is 0.938 bits per heavy atom. The van der Waals surface area contributed by atoms with Gasteiger partial charge in [-0.15, -0.1) is 0 Å². The zero-order chi connectivity index (χ0) is 23.1. The third-order valence-corrected chi connectivity index (χ3v) is 5.97. The number of hydrogen-bond donors (Lipinski definition) is 1. The average Bonchev–Trinajstić information content (AvgIpc) is 2.78. The van der Waals surface area contributed by atoms with Crippen molar-refractivity contribution < 1.29 is 9.59 Å². The summed E-state index contributed by atoms with van der Waals surface area (Å²) in [6.45, 7) is 6.08. The smallest absolute Gasteiger partial charge is 0.243 e. The number of rotatable bonds is 9. The Labute approximate surface area is 195 Å². The van der Waals surface area contributed by atoms with Crippen molar-refractivity contribution in [3.8, 4) is 0 Å². The molecule has 0 fully saturated rings. The fraction of sp³-hybridized carbons (Fsp3) is 0.333. The predicted molar refractivity (Wildman–Crippen MR) is 132 cm³/mol. The second-order valence-corrected chi connectivity index (χ2v) is 8.75. The van der Waals surface area contributed by atoms with Crippen molar-refractivity contribution in [2.24, 2.45) is 0 Å². The monoisotopic (exact) mass is 450 g/mol. The molecule has 3 aromatic rings. The summed E-state index contributed by atoms with van der Waals surface area (Å²) in [6.07, 6.45) is 1.47. The number of hydrogen-bond acceptors (Lipinski definition) is 2. The molecule has 0 saturated heterocycles. The summed E-state index contributed by atoms with van der Waals surface area (Å²) in [5.74, 6) is -0.184. The van der Waals surface area contributed by atoms with E-state index in [2.05, 4.69) is 29.6 Å². The lowest BCUT2D eigenvalue weighted by molar-refractivity contribution is -0.141. The maximum Gasteiger partial charge on any atom is 0.243 e. The summed E-state index contributed by atoms with van der Waals surface area (Å²) in [5.41, 5.74) is 1.97. The van der Waals surface area contributed by atoms with Crippen LogP contribution in [-0.4, -0.2) is 28.8 Å². The molecular weight excluding hydrogens is 420 g/mol. The SMILES string of the molecule is CC[C@H](C(=O)NC(C)C)N(Cc1ccccc1Cl)C(=O)CCc1cccc2ccccc12. The number of fused-ring (bicyclic) bond motifs is 1. The first-order valence-corrected chi connectivity index (χ1v) is 11.6. The molecule has 2 amide bonds. The lowest BCUT2D eigenvalue weighted by Gasteiger charge is -2.31. The Kier molecular flexibility index (Phi) is 8.29. The fourth-order valence-corrected chi connectivity index (χ4v) is 4.20. The molecule has 0 aliphatic heterocycles. The van der Waals surface area contributed by atoms with E-state index in [1.807, 2.05) is 63.2 Å². The van der Waals surface area contributed by atoms with Crippen molar-refractivity contribution in [2.45, 2.75) is 58.7 Å². The average molecular weight is 451 g/mol. The summed E-state index contributed by atoms with van der Waals surface area (Å²) in [4.78, 5) is 28.1. The van der Waals surface area contributed by atoms with Crippen LogP contribution in [0.2, 0.25) is 5.02 Å². The minimum absolute atomic E-state index is 0.00417. The van der Waals surface area contributed by atoms with Crippen molar-refractivity contribution in [1.82, 2.24) is 10.2 Å². The maximum absolute atomic E-state index is 13.5. The largest absolute Gasteiger partial charge is 0.352 e. The molecule has 0 unspecified atom stereocenters. The molecule has 0 heterocycles. The van der Waals surface area contributed by atoms with Gasteiger partial charge < -0.3 is 10.2 Å². The van der Waals surface area contributed by atoms with Crippen molar-refractivity contribution >= 4 is 34.2 Å². The van der Waals surface area contributed by atoms with Crippen LogP contribution in [0, 0.1) is 0 Å². The van der Waals surface area contributed by atoms with Crippen LogP contribution < -0.4 is 5.32 Å². The summed E-state index contributed by atoms with van der Waals surface area (Å²) in [7, 11) is 0. The number of nitrogens with one attached hydrogen (secondary N) is 1. The topological polar surface area (TPSA) is 49.4 Å². The highest BCUT2D eigenvalue weighted by Crippen LogP contribution is 2.23. The van der Waals surface area contributed by atoms with Crippen molar-refractivity contribution in [3.05, 3.63) is 82.9 Å². The first-order valence-electron chi connectivity index (χ1n) is 11.2. The first-order chi connectivity index (χ1) is 15.4. The molecule has 0 aliphatic carbocycles. The third kappa shape index (κ3) is 5.89. The Morgan fingerprint density at radius 2 is 1.59 bits per heavy atom. The van der Waals surface area contributed by atoms with E-state index in [0.29, 0.717) is 30.8 Å². The van der Waals surface area contributed by atoms with Gasteiger partial charge in [0.2, 0.25) is 11.8 Å². The quantitative estimate of drug-likeness (QED) is 0.450. The van der Waals surface area contributed by atoms with Gasteiger partial charge in [0.25, 0.3) is 0 Å². The van der Waals surface area contributed by atoms with E-state index in [1.165, 1.54) is 0 Å². The van der Waals surface area contributed by atoms with E-state index < -0.39 is 6.04 Å². The zero-order valence-electron chi connectivity index (χ0n) is 19.0. The molecular formula is C27H31ClN2O2. The van der Waals surface area contributed by atoms with Crippen LogP contribution in [0.1, 0.15) is 44.7 Å². The highest BCUT2D eigenvalue weighted by Gasteiger charge is 2.29. The number of carbonyl (C=O) groups excluding carboxylic acids is 2. The standard InChI is InChI=1S/C27H31ClN2O2/c1-4-25(27(32)29-19(2)3)30(18-22-11-6-8-15-24(22)28)26(31)17-16-21-13-9-12-20-10-5-7-14-23(20)21/h5-15,19,25H,4,16-18H2,1-3H3,(H,29,32)/t25-/m1/s1. The molecule has 32 heavy (non-hydrogen) atoms. The molecule has 3 aromatic carbocycles. The van der Waals surface area contributed by atoms with Crippen molar-refractivity contribution in [3.63, 3.8) is 0 Å². The van der Waals surface area contributed by atoms with Crippen LogP contribution in [0.15, 0.2) is 66.7 Å². The summed E-state index contributed by atoms with van der Waals surface area (Å²) >= 11 is 6.38. The van der Waals surface area contributed by atoms with E-state index in [9.17, 15) is 9.59 Å². The van der Waals surface area contributed by atoms with E-state index >= 15 is 0 Å². The van der Waals surface area contributed by atoms with Gasteiger partial charge in [-0.2, -0.15) is 0 Å². The second-order valence-electron chi connectivity index (χ2n) is 8.34. The Bertz CT molecular complexity index is 1070. The third-order valence-electron chi connectivity index (χ3n) is 5.60. The van der Waals surface area contributed by atoms with Crippen LogP contribution in [-0.2, 0) is 22.6 Å². The van der Waals surface area contributed by atoms with Gasteiger partial charge in [0.15, 0.2) is 0 Å². The molecule has 5 heteroatoms. The zero-order valence-corrected chi connectivity index (χ0v) is 19.7. The maximum atomic E-state index is 13.5. The lowest BCUT2D eigenvalue weighted by atomic mass is 10.00. The van der Waals surface area contributed by atoms with Crippen LogP contribution in [0.3, 0.4) is 0 Å². The van der Waals surface area contributed by atoms with E-state index in [0.717, 1.165) is 21.9 Å². The number of nitrogens with zero attached hydrogens (tertiary/aromatic N) is 1. The molecule has 0 bridgehead atoms. The Morgan fingerprint density at radius 3 is 2.31 bits per heavy atom. The van der Waals surface area contributed by atoms with Gasteiger partial charge in [0.05, 0.1) is 0 Å². The molecule has 0 spiro atoms. The molecule has 1 atom stereocenters. The van der Waals surface area contributed by atoms with Gasteiger partial charge >= 0.3 is 0 Å². The Balaban J connectivity index is 1.84. The summed E-state index contributed by atoms with van der Waals surface area (Å²) in [5, 5.41) is 5.88. The summed E-state index contributed by atoms with van der Waals surface area (Å²) < 4.78 is 0. The minimum Gasteiger partial charge on any atom is -0.352 e. The molecule has 0 aliphatic rings. The molecule has 1 N–H and O–H groups in total. The predicted octanol–water partition coefficient (Wildman–Crippen LogP) is 5.76. The molecule has 0 saturated carbocycles. The molecule has 168 valence electrons. The van der Waals surface area contributed by atoms with Crippen LogP contribution in [0.4, 0.5) is 0 Å². The van der Waals surface area contributed by atoms with Gasteiger partial charge in [-0.1, -0.05) is 79.2 Å². The number of carbonyl (C=O) groups is 2. The van der Waals surface area contributed by atoms with Crippen LogP contribution in [0.25, 0.3) is 10.8 Å². The lowest BCUT2D eigenvalue weighted by Crippen LogP contribution is -2.50. The van der Waals surface area contributed by atoms with Crippen molar-refractivity contribution in [2.75, 3.05) is 0 Å². The van der Waals surface area contributed by atoms with Gasteiger partial charge in [-0.05, 0) is 54.7 Å². The van der Waals surface area contributed by atoms with Crippen LogP contribution >= 0.6 is 11.6 Å².